The Labute approximate surface area is 159 Å². The Bertz CT molecular complexity index is 860. The third kappa shape index (κ3) is 3.12. The lowest BCUT2D eigenvalue weighted by Crippen LogP contribution is -2.59. The summed E-state index contributed by atoms with van der Waals surface area (Å²) in [4.78, 5) is 27.7. The molecule has 2 aromatic carbocycles. The van der Waals surface area contributed by atoms with E-state index >= 15 is 0 Å². The number of nitrogens with one attached hydrogen (secondary N) is 1. The number of aryl methyl sites for hydroxylation is 2. The zero-order chi connectivity index (χ0) is 19.0. The zero-order valence-corrected chi connectivity index (χ0v) is 15.7. The molecule has 4 rings (SSSR count). The highest BCUT2D eigenvalue weighted by Crippen LogP contribution is 2.38. The number of carbonyl (C=O) groups excluding carboxylic acids is 2. The lowest BCUT2D eigenvalue weighted by atomic mass is 9.83. The van der Waals surface area contributed by atoms with Gasteiger partial charge in [-0.15, -0.1) is 0 Å². The van der Waals surface area contributed by atoms with E-state index in [2.05, 4.69) is 5.32 Å². The van der Waals surface area contributed by atoms with E-state index in [9.17, 15) is 9.59 Å². The summed E-state index contributed by atoms with van der Waals surface area (Å²) < 4.78 is 6.06. The Morgan fingerprint density at radius 2 is 1.85 bits per heavy atom. The standard InChI is InChI=1S/C22H24N2O3/c1-15-10-16(2)12-18(11-15)20(25)24-8-9-27-22(14-24)19(13-23-21(22)26)17-6-4-3-5-7-17/h3-7,10-12,19H,8-9,13-14H2,1-2H3,(H,23,26). The van der Waals surface area contributed by atoms with Gasteiger partial charge in [-0.2, -0.15) is 0 Å². The third-order valence-electron chi connectivity index (χ3n) is 5.52. The van der Waals surface area contributed by atoms with E-state index in [1.165, 1.54) is 0 Å². The largest absolute Gasteiger partial charge is 0.361 e. The molecule has 2 aliphatic heterocycles. The highest BCUT2D eigenvalue weighted by atomic mass is 16.5. The van der Waals surface area contributed by atoms with E-state index in [0.29, 0.717) is 25.3 Å². The number of rotatable bonds is 2. The van der Waals surface area contributed by atoms with Crippen molar-refractivity contribution in [3.8, 4) is 0 Å². The van der Waals surface area contributed by atoms with Crippen molar-refractivity contribution >= 4 is 11.8 Å². The topological polar surface area (TPSA) is 58.6 Å². The van der Waals surface area contributed by atoms with Crippen LogP contribution in [0.25, 0.3) is 0 Å². The van der Waals surface area contributed by atoms with Gasteiger partial charge in [0, 0.05) is 24.6 Å². The van der Waals surface area contributed by atoms with E-state index in [0.717, 1.165) is 16.7 Å². The van der Waals surface area contributed by atoms with Crippen LogP contribution in [-0.4, -0.2) is 48.6 Å². The van der Waals surface area contributed by atoms with Crippen LogP contribution in [0.15, 0.2) is 48.5 Å². The molecule has 27 heavy (non-hydrogen) atoms. The molecular formula is C22H24N2O3. The summed E-state index contributed by atoms with van der Waals surface area (Å²) in [5.74, 6) is -0.286. The number of benzene rings is 2. The molecule has 2 fully saturated rings. The molecule has 140 valence electrons. The van der Waals surface area contributed by atoms with Gasteiger partial charge < -0.3 is 15.0 Å². The molecule has 5 heteroatoms. The van der Waals surface area contributed by atoms with Gasteiger partial charge in [-0.05, 0) is 31.5 Å². The van der Waals surface area contributed by atoms with Crippen LogP contribution in [0.3, 0.4) is 0 Å². The van der Waals surface area contributed by atoms with E-state index in [4.69, 9.17) is 4.74 Å². The van der Waals surface area contributed by atoms with Crippen molar-refractivity contribution < 1.29 is 14.3 Å². The van der Waals surface area contributed by atoms with Gasteiger partial charge in [0.1, 0.15) is 0 Å². The van der Waals surface area contributed by atoms with Gasteiger partial charge >= 0.3 is 0 Å². The third-order valence-corrected chi connectivity index (χ3v) is 5.52. The fraction of sp³-hybridized carbons (Fsp3) is 0.364. The second-order valence-corrected chi connectivity index (χ2v) is 7.51. The summed E-state index contributed by atoms with van der Waals surface area (Å²) in [7, 11) is 0. The number of hydrogen-bond donors (Lipinski definition) is 1. The molecule has 0 saturated carbocycles. The molecule has 1 N–H and O–H groups in total. The predicted octanol–water partition coefficient (Wildman–Crippen LogP) is 2.43. The maximum atomic E-state index is 13.1. The highest BCUT2D eigenvalue weighted by molar-refractivity contribution is 5.96. The van der Waals surface area contributed by atoms with Crippen LogP contribution < -0.4 is 5.32 Å². The first-order chi connectivity index (χ1) is 13.0. The molecule has 2 amide bonds. The van der Waals surface area contributed by atoms with Crippen molar-refractivity contribution in [3.05, 3.63) is 70.8 Å². The first kappa shape index (κ1) is 17.7. The van der Waals surface area contributed by atoms with Crippen molar-refractivity contribution in [3.63, 3.8) is 0 Å². The highest BCUT2D eigenvalue weighted by Gasteiger charge is 2.55. The second-order valence-electron chi connectivity index (χ2n) is 7.51. The van der Waals surface area contributed by atoms with Crippen LogP contribution in [0.1, 0.15) is 33.0 Å². The number of ether oxygens (including phenoxy) is 1. The minimum Gasteiger partial charge on any atom is -0.361 e. The van der Waals surface area contributed by atoms with Gasteiger partial charge in [0.05, 0.1) is 13.2 Å². The van der Waals surface area contributed by atoms with Crippen LogP contribution in [0.4, 0.5) is 0 Å². The van der Waals surface area contributed by atoms with Gasteiger partial charge in [-0.25, -0.2) is 0 Å². The molecule has 0 aliphatic carbocycles. The molecule has 5 nitrogen and oxygen atoms in total. The number of amides is 2. The Kier molecular flexibility index (Phi) is 4.48. The molecule has 1 spiro atoms. The Morgan fingerprint density at radius 1 is 1.15 bits per heavy atom. The summed E-state index contributed by atoms with van der Waals surface area (Å²) in [6, 6.07) is 15.8. The molecule has 2 aromatic rings. The molecule has 2 atom stereocenters. The van der Waals surface area contributed by atoms with Gasteiger partial charge in [0.2, 0.25) is 0 Å². The molecule has 2 unspecified atom stereocenters. The second kappa shape index (κ2) is 6.82. The SMILES string of the molecule is Cc1cc(C)cc(C(=O)N2CCOC3(C2)C(=O)NCC3c2ccccc2)c1. The number of hydrogen-bond acceptors (Lipinski definition) is 3. The van der Waals surface area contributed by atoms with Crippen LogP contribution in [0.5, 0.6) is 0 Å². The monoisotopic (exact) mass is 364 g/mol. The molecule has 2 aliphatic rings. The zero-order valence-electron chi connectivity index (χ0n) is 15.7. The quantitative estimate of drug-likeness (QED) is 0.890. The van der Waals surface area contributed by atoms with Crippen molar-refractivity contribution in [1.82, 2.24) is 10.2 Å². The van der Waals surface area contributed by atoms with E-state index in [1.54, 1.807) is 4.90 Å². The van der Waals surface area contributed by atoms with Crippen LogP contribution in [-0.2, 0) is 9.53 Å². The average Bonchev–Trinajstić information content (AvgIpc) is 2.97. The first-order valence-corrected chi connectivity index (χ1v) is 9.34. The number of morpholine rings is 1. The van der Waals surface area contributed by atoms with E-state index in [1.807, 2.05) is 62.4 Å². The Hall–Kier alpha value is -2.66. The van der Waals surface area contributed by atoms with Crippen molar-refractivity contribution in [1.29, 1.82) is 0 Å². The Morgan fingerprint density at radius 3 is 2.56 bits per heavy atom. The van der Waals surface area contributed by atoms with Gasteiger partial charge in [-0.3, -0.25) is 9.59 Å². The number of carbonyl (C=O) groups is 2. The fourth-order valence-corrected chi connectivity index (χ4v) is 4.29. The van der Waals surface area contributed by atoms with Crippen LogP contribution in [0, 0.1) is 13.8 Å². The average molecular weight is 364 g/mol. The van der Waals surface area contributed by atoms with Crippen molar-refractivity contribution in [2.45, 2.75) is 25.4 Å². The fourth-order valence-electron chi connectivity index (χ4n) is 4.29. The van der Waals surface area contributed by atoms with Gasteiger partial charge in [-0.1, -0.05) is 47.5 Å². The molecule has 0 radical (unpaired) electrons. The normalized spacial score (nSPS) is 24.9. The minimum atomic E-state index is -1.02. The summed E-state index contributed by atoms with van der Waals surface area (Å²) >= 11 is 0. The summed E-state index contributed by atoms with van der Waals surface area (Å²) in [5, 5.41) is 2.94. The number of nitrogens with zero attached hydrogens (tertiary/aromatic N) is 1. The predicted molar refractivity (Wildman–Crippen MR) is 103 cm³/mol. The smallest absolute Gasteiger partial charge is 0.254 e. The Balaban J connectivity index is 1.64. The van der Waals surface area contributed by atoms with Gasteiger partial charge in [0.25, 0.3) is 11.8 Å². The van der Waals surface area contributed by atoms with Crippen LogP contribution in [0.2, 0.25) is 0 Å². The van der Waals surface area contributed by atoms with Gasteiger partial charge in [0.15, 0.2) is 5.60 Å². The summed E-state index contributed by atoms with van der Waals surface area (Å²) in [6.45, 7) is 5.61. The maximum Gasteiger partial charge on any atom is 0.254 e. The minimum absolute atomic E-state index is 0.0454. The van der Waals surface area contributed by atoms with E-state index in [-0.39, 0.29) is 24.3 Å². The first-order valence-electron chi connectivity index (χ1n) is 9.34. The molecular weight excluding hydrogens is 340 g/mol. The van der Waals surface area contributed by atoms with E-state index < -0.39 is 5.60 Å². The van der Waals surface area contributed by atoms with Crippen molar-refractivity contribution in [2.24, 2.45) is 0 Å². The van der Waals surface area contributed by atoms with Crippen LogP contribution >= 0.6 is 0 Å². The summed E-state index contributed by atoms with van der Waals surface area (Å²) in [5.41, 5.74) is 2.81. The lowest BCUT2D eigenvalue weighted by molar-refractivity contribution is -0.153. The summed E-state index contributed by atoms with van der Waals surface area (Å²) in [6.07, 6.45) is 0. The molecule has 0 aromatic heterocycles. The maximum absolute atomic E-state index is 13.1. The molecule has 2 saturated heterocycles. The molecule has 0 bridgehead atoms. The van der Waals surface area contributed by atoms with Crippen molar-refractivity contribution in [2.75, 3.05) is 26.2 Å². The lowest BCUT2D eigenvalue weighted by Gasteiger charge is -2.42. The molecule has 2 heterocycles.